The smallest absolute Gasteiger partial charge is 0.0964 e. The summed E-state index contributed by atoms with van der Waals surface area (Å²) >= 11 is 0. The molecule has 1 N–H and O–H groups in total. The molecule has 1 saturated carbocycles. The molecule has 2 unspecified atom stereocenters. The van der Waals surface area contributed by atoms with Gasteiger partial charge in [-0.1, -0.05) is 19.1 Å². The molecule has 3 rings (SSSR count). The van der Waals surface area contributed by atoms with Crippen LogP contribution >= 0.6 is 0 Å². The minimum atomic E-state index is 0.734. The molecule has 1 aromatic rings. The second kappa shape index (κ2) is 5.59. The van der Waals surface area contributed by atoms with E-state index in [-0.39, 0.29) is 0 Å². The van der Waals surface area contributed by atoms with Crippen molar-refractivity contribution in [2.45, 2.75) is 45.8 Å². The average molecular weight is 263 g/mol. The van der Waals surface area contributed by atoms with Gasteiger partial charge in [0.2, 0.25) is 0 Å². The minimum Gasteiger partial charge on any atom is -0.308 e. The largest absolute Gasteiger partial charge is 0.308 e. The standard InChI is InChI=1S/C14H25N5/c1-11-8-18(9-12(11)2)5-6-19-10-14(16-17-19)7-15-13-3-4-13/h10-13,15H,3-9H2,1-2H3. The van der Waals surface area contributed by atoms with Crippen LogP contribution in [0.15, 0.2) is 6.20 Å². The monoisotopic (exact) mass is 263 g/mol. The third kappa shape index (κ3) is 3.54. The van der Waals surface area contributed by atoms with Gasteiger partial charge in [-0.3, -0.25) is 4.68 Å². The van der Waals surface area contributed by atoms with Crippen LogP contribution in [-0.2, 0) is 13.1 Å². The first-order valence-corrected chi connectivity index (χ1v) is 7.55. The molecule has 2 aliphatic rings. The number of nitrogens with zero attached hydrogens (tertiary/aromatic N) is 4. The molecular formula is C14H25N5. The van der Waals surface area contributed by atoms with E-state index >= 15 is 0 Å². The summed E-state index contributed by atoms with van der Waals surface area (Å²) in [5, 5.41) is 11.9. The fourth-order valence-corrected chi connectivity index (χ4v) is 2.74. The molecule has 1 aliphatic heterocycles. The molecule has 1 aliphatic carbocycles. The van der Waals surface area contributed by atoms with E-state index in [4.69, 9.17) is 0 Å². The maximum atomic E-state index is 4.22. The summed E-state index contributed by atoms with van der Waals surface area (Å²) in [6, 6.07) is 0.734. The Balaban J connectivity index is 1.42. The first-order chi connectivity index (χ1) is 9.20. The van der Waals surface area contributed by atoms with Gasteiger partial charge in [0.05, 0.1) is 12.2 Å². The highest BCUT2D eigenvalue weighted by molar-refractivity contribution is 4.94. The quantitative estimate of drug-likeness (QED) is 0.835. The number of nitrogens with one attached hydrogen (secondary N) is 1. The Morgan fingerprint density at radius 1 is 1.21 bits per heavy atom. The lowest BCUT2D eigenvalue weighted by molar-refractivity contribution is 0.301. The fourth-order valence-electron chi connectivity index (χ4n) is 2.74. The molecule has 19 heavy (non-hydrogen) atoms. The first kappa shape index (κ1) is 13.1. The molecule has 5 nitrogen and oxygen atoms in total. The van der Waals surface area contributed by atoms with Crippen molar-refractivity contribution in [3.63, 3.8) is 0 Å². The van der Waals surface area contributed by atoms with Crippen molar-refractivity contribution >= 4 is 0 Å². The second-order valence-corrected chi connectivity index (χ2v) is 6.34. The Bertz CT molecular complexity index is 402. The lowest BCUT2D eigenvalue weighted by Crippen LogP contribution is -2.25. The zero-order valence-electron chi connectivity index (χ0n) is 12.0. The molecule has 2 heterocycles. The Hall–Kier alpha value is -0.940. The van der Waals surface area contributed by atoms with Crippen LogP contribution in [0.2, 0.25) is 0 Å². The maximum Gasteiger partial charge on any atom is 0.0964 e. The van der Waals surface area contributed by atoms with E-state index in [0.29, 0.717) is 0 Å². The van der Waals surface area contributed by atoms with Gasteiger partial charge in [-0.15, -0.1) is 5.10 Å². The van der Waals surface area contributed by atoms with Crippen molar-refractivity contribution < 1.29 is 0 Å². The molecule has 0 amide bonds. The van der Waals surface area contributed by atoms with Gasteiger partial charge in [0.1, 0.15) is 0 Å². The van der Waals surface area contributed by atoms with Gasteiger partial charge < -0.3 is 10.2 Å². The van der Waals surface area contributed by atoms with E-state index in [1.54, 1.807) is 0 Å². The van der Waals surface area contributed by atoms with Gasteiger partial charge in [-0.25, -0.2) is 0 Å². The van der Waals surface area contributed by atoms with Crippen molar-refractivity contribution in [1.29, 1.82) is 0 Å². The van der Waals surface area contributed by atoms with E-state index in [1.165, 1.54) is 25.9 Å². The lowest BCUT2D eigenvalue weighted by Gasteiger charge is -2.14. The van der Waals surface area contributed by atoms with Crippen LogP contribution in [0.25, 0.3) is 0 Å². The van der Waals surface area contributed by atoms with E-state index in [9.17, 15) is 0 Å². The number of rotatable bonds is 6. The Morgan fingerprint density at radius 2 is 1.95 bits per heavy atom. The third-order valence-electron chi connectivity index (χ3n) is 4.44. The minimum absolute atomic E-state index is 0.734. The van der Waals surface area contributed by atoms with Crippen molar-refractivity contribution in [2.24, 2.45) is 11.8 Å². The highest BCUT2D eigenvalue weighted by atomic mass is 15.4. The molecule has 2 fully saturated rings. The second-order valence-electron chi connectivity index (χ2n) is 6.34. The van der Waals surface area contributed by atoms with Gasteiger partial charge in [0.15, 0.2) is 0 Å². The van der Waals surface area contributed by atoms with Crippen LogP contribution in [0.1, 0.15) is 32.4 Å². The van der Waals surface area contributed by atoms with Crippen LogP contribution in [0.3, 0.4) is 0 Å². The first-order valence-electron chi connectivity index (χ1n) is 7.55. The van der Waals surface area contributed by atoms with Gasteiger partial charge >= 0.3 is 0 Å². The van der Waals surface area contributed by atoms with Crippen LogP contribution < -0.4 is 5.32 Å². The number of hydrogen-bond donors (Lipinski definition) is 1. The summed E-state index contributed by atoms with van der Waals surface area (Å²) in [6.45, 7) is 10.1. The summed E-state index contributed by atoms with van der Waals surface area (Å²) in [7, 11) is 0. The third-order valence-corrected chi connectivity index (χ3v) is 4.44. The fraction of sp³-hybridized carbons (Fsp3) is 0.857. The molecule has 5 heteroatoms. The average Bonchev–Trinajstić information content (AvgIpc) is 3.02. The highest BCUT2D eigenvalue weighted by Gasteiger charge is 2.25. The Morgan fingerprint density at radius 3 is 2.63 bits per heavy atom. The Kier molecular flexibility index (Phi) is 3.84. The molecule has 0 radical (unpaired) electrons. The zero-order valence-corrected chi connectivity index (χ0v) is 12.0. The topological polar surface area (TPSA) is 46.0 Å². The normalized spacial score (nSPS) is 28.1. The Labute approximate surface area is 115 Å². The lowest BCUT2D eigenvalue weighted by atomic mass is 10.0. The van der Waals surface area contributed by atoms with E-state index in [1.807, 2.05) is 4.68 Å². The SMILES string of the molecule is CC1CN(CCn2cc(CNC3CC3)nn2)CC1C. The zero-order chi connectivity index (χ0) is 13.2. The van der Waals surface area contributed by atoms with Crippen LogP contribution in [0, 0.1) is 11.8 Å². The van der Waals surface area contributed by atoms with Crippen molar-refractivity contribution in [3.05, 3.63) is 11.9 Å². The van der Waals surface area contributed by atoms with E-state index < -0.39 is 0 Å². The highest BCUT2D eigenvalue weighted by Crippen LogP contribution is 2.21. The molecule has 0 spiro atoms. The number of hydrogen-bond acceptors (Lipinski definition) is 4. The van der Waals surface area contributed by atoms with E-state index in [0.717, 1.165) is 43.2 Å². The predicted molar refractivity (Wildman–Crippen MR) is 74.7 cm³/mol. The van der Waals surface area contributed by atoms with Gasteiger partial charge in [-0.05, 0) is 24.7 Å². The van der Waals surface area contributed by atoms with Crippen molar-refractivity contribution in [1.82, 2.24) is 25.2 Å². The molecule has 0 bridgehead atoms. The van der Waals surface area contributed by atoms with Crippen molar-refractivity contribution in [3.8, 4) is 0 Å². The van der Waals surface area contributed by atoms with Crippen LogP contribution in [0.4, 0.5) is 0 Å². The van der Waals surface area contributed by atoms with Gasteiger partial charge in [0, 0.05) is 38.4 Å². The maximum absolute atomic E-state index is 4.22. The molecule has 1 saturated heterocycles. The van der Waals surface area contributed by atoms with Gasteiger partial charge in [0.25, 0.3) is 0 Å². The van der Waals surface area contributed by atoms with Crippen molar-refractivity contribution in [2.75, 3.05) is 19.6 Å². The van der Waals surface area contributed by atoms with Crippen LogP contribution in [-0.4, -0.2) is 45.6 Å². The molecule has 1 aromatic heterocycles. The molecule has 0 aromatic carbocycles. The molecule has 2 atom stereocenters. The molecular weight excluding hydrogens is 238 g/mol. The number of aromatic nitrogens is 3. The number of likely N-dealkylation sites (tertiary alicyclic amines) is 1. The predicted octanol–water partition coefficient (Wildman–Crippen LogP) is 1.12. The van der Waals surface area contributed by atoms with E-state index in [2.05, 4.69) is 40.6 Å². The molecule has 106 valence electrons. The summed E-state index contributed by atoms with van der Waals surface area (Å²) in [5.74, 6) is 1.66. The van der Waals surface area contributed by atoms with Crippen LogP contribution in [0.5, 0.6) is 0 Å². The summed E-state index contributed by atoms with van der Waals surface area (Å²) in [6.07, 6.45) is 4.72. The summed E-state index contributed by atoms with van der Waals surface area (Å²) in [5.41, 5.74) is 1.06. The summed E-state index contributed by atoms with van der Waals surface area (Å²) in [4.78, 5) is 2.54. The van der Waals surface area contributed by atoms with Gasteiger partial charge in [-0.2, -0.15) is 0 Å². The summed E-state index contributed by atoms with van der Waals surface area (Å²) < 4.78 is 1.98.